The fraction of sp³-hybridized carbons (Fsp3) is 1.00. The average molecular weight is 382 g/mol. The zero-order valence-corrected chi connectivity index (χ0v) is 20.6. The maximum absolute atomic E-state index is 2.79. The van der Waals surface area contributed by atoms with Gasteiger partial charge in [0.1, 0.15) is 13.1 Å². The maximum Gasteiger partial charge on any atom is 0.131 e. The highest BCUT2D eigenvalue weighted by atomic mass is 27.2. The molecule has 1 heteroatoms. The maximum atomic E-state index is 2.79. The van der Waals surface area contributed by atoms with Crippen LogP contribution in [0.3, 0.4) is 0 Å². The zero-order chi connectivity index (χ0) is 19.3. The minimum atomic E-state index is -1.27. The lowest BCUT2D eigenvalue weighted by Crippen LogP contribution is -2.29. The lowest BCUT2D eigenvalue weighted by molar-refractivity contribution is 0.607. The molecular formula is C25H54Al-. The van der Waals surface area contributed by atoms with Crippen molar-refractivity contribution in [2.75, 3.05) is 0 Å². The van der Waals surface area contributed by atoms with E-state index in [-0.39, 0.29) is 0 Å². The Kier molecular flexibility index (Phi) is 20.7. The lowest BCUT2D eigenvalue weighted by Gasteiger charge is -2.32. The van der Waals surface area contributed by atoms with Crippen LogP contribution in [0.5, 0.6) is 0 Å². The van der Waals surface area contributed by atoms with Gasteiger partial charge in [0.2, 0.25) is 0 Å². The van der Waals surface area contributed by atoms with Gasteiger partial charge in [-0.25, -0.2) is 5.79 Å². The van der Waals surface area contributed by atoms with Crippen LogP contribution in [-0.4, -0.2) is 13.1 Å². The molecule has 0 heterocycles. The first-order valence-electron chi connectivity index (χ1n) is 12.9. The molecule has 0 amide bonds. The minimum absolute atomic E-state index is 1.27. The van der Waals surface area contributed by atoms with Crippen LogP contribution < -0.4 is 0 Å². The molecule has 0 unspecified atom stereocenters. The van der Waals surface area contributed by atoms with E-state index in [0.717, 1.165) is 0 Å². The molecule has 0 bridgehead atoms. The van der Waals surface area contributed by atoms with Gasteiger partial charge in [0.15, 0.2) is 0 Å². The van der Waals surface area contributed by atoms with Crippen molar-refractivity contribution in [2.45, 2.75) is 158 Å². The molecule has 0 aromatic heterocycles. The van der Waals surface area contributed by atoms with Crippen molar-refractivity contribution >= 4 is 13.1 Å². The first-order chi connectivity index (χ1) is 12.7. The van der Waals surface area contributed by atoms with Crippen molar-refractivity contribution < 1.29 is 0 Å². The summed E-state index contributed by atoms with van der Waals surface area (Å²) in [7, 11) is 0. The monoisotopic (exact) mass is 381 g/mol. The Morgan fingerprint density at radius 1 is 0.346 bits per heavy atom. The van der Waals surface area contributed by atoms with E-state index in [9.17, 15) is 0 Å². The van der Waals surface area contributed by atoms with E-state index in [2.05, 4.69) is 26.6 Å². The molecule has 0 rings (SSSR count). The Bertz CT molecular complexity index is 220. The predicted molar refractivity (Wildman–Crippen MR) is 126 cm³/mol. The molecule has 0 atom stereocenters. The Balaban J connectivity index is 4.02. The molecule has 0 fully saturated rings. The van der Waals surface area contributed by atoms with E-state index in [1.165, 1.54) is 96.3 Å². The average Bonchev–Trinajstić information content (AvgIpc) is 2.64. The van der Waals surface area contributed by atoms with E-state index < -0.39 is 13.1 Å². The summed E-state index contributed by atoms with van der Waals surface area (Å²) in [5.41, 5.74) is 0. The fourth-order valence-electron chi connectivity index (χ4n) is 4.69. The van der Waals surface area contributed by atoms with Gasteiger partial charge in [0.25, 0.3) is 0 Å². The van der Waals surface area contributed by atoms with Crippen LogP contribution in [-0.2, 0) is 0 Å². The molecule has 158 valence electrons. The first kappa shape index (κ1) is 26.5. The summed E-state index contributed by atoms with van der Waals surface area (Å²) >= 11 is -1.27. The summed E-state index contributed by atoms with van der Waals surface area (Å²) in [6.07, 6.45) is 26.6. The summed E-state index contributed by atoms with van der Waals surface area (Å²) in [4.78, 5) is 0. The van der Waals surface area contributed by atoms with Gasteiger partial charge in [0.05, 0.1) is 0 Å². The van der Waals surface area contributed by atoms with E-state index >= 15 is 0 Å². The van der Waals surface area contributed by atoms with Crippen molar-refractivity contribution in [1.29, 1.82) is 0 Å². The van der Waals surface area contributed by atoms with E-state index in [4.69, 9.17) is 0 Å². The third kappa shape index (κ3) is 17.9. The van der Waals surface area contributed by atoms with Gasteiger partial charge in [-0.1, -0.05) is 136 Å². The van der Waals surface area contributed by atoms with Crippen LogP contribution >= 0.6 is 0 Å². The quantitative estimate of drug-likeness (QED) is 0.137. The second kappa shape index (κ2) is 20.3. The van der Waals surface area contributed by atoms with Gasteiger partial charge < -0.3 is 0 Å². The Labute approximate surface area is 171 Å². The van der Waals surface area contributed by atoms with Crippen LogP contribution in [0.4, 0.5) is 0 Å². The summed E-state index contributed by atoms with van der Waals surface area (Å²) in [6, 6.07) is 0. The van der Waals surface area contributed by atoms with Crippen molar-refractivity contribution in [1.82, 2.24) is 0 Å². The van der Waals surface area contributed by atoms with Crippen molar-refractivity contribution in [3.05, 3.63) is 0 Å². The molecule has 0 aliphatic heterocycles. The van der Waals surface area contributed by atoms with Crippen molar-refractivity contribution in [2.24, 2.45) is 0 Å². The molecule has 0 N–H and O–H groups in total. The third-order valence-corrected chi connectivity index (χ3v) is 12.2. The second-order valence-electron chi connectivity index (χ2n) is 9.76. The van der Waals surface area contributed by atoms with Crippen LogP contribution in [0.1, 0.15) is 136 Å². The molecule has 0 saturated heterocycles. The van der Waals surface area contributed by atoms with E-state index in [1.54, 1.807) is 35.1 Å². The van der Waals surface area contributed by atoms with Gasteiger partial charge in [-0.05, 0) is 0 Å². The first-order valence-corrected chi connectivity index (χ1v) is 16.5. The number of hydrogen-bond donors (Lipinski definition) is 0. The van der Waals surface area contributed by atoms with Crippen molar-refractivity contribution in [3.8, 4) is 0 Å². The number of rotatable bonds is 21. The van der Waals surface area contributed by atoms with Crippen LogP contribution in [0, 0.1) is 0 Å². The highest BCUT2D eigenvalue weighted by Crippen LogP contribution is 2.29. The molecule has 0 aliphatic carbocycles. The molecule has 0 spiro atoms. The van der Waals surface area contributed by atoms with Gasteiger partial charge in [0, 0.05) is 0 Å². The zero-order valence-electron chi connectivity index (χ0n) is 19.4. The summed E-state index contributed by atoms with van der Waals surface area (Å²) in [5, 5.41) is 4.97. The molecular weight excluding hydrogens is 327 g/mol. The Morgan fingerprint density at radius 2 is 0.577 bits per heavy atom. The largest absolute Gasteiger partial charge is 0.203 e. The summed E-state index contributed by atoms with van der Waals surface area (Å²) in [5.74, 6) is 2.79. The second-order valence-corrected chi connectivity index (χ2v) is 15.7. The van der Waals surface area contributed by atoms with Crippen LogP contribution in [0.2, 0.25) is 21.6 Å². The Hall–Kier alpha value is 0.532. The molecule has 0 aliphatic rings. The molecule has 0 radical (unpaired) electrons. The van der Waals surface area contributed by atoms with Gasteiger partial charge in [-0.15, -0.1) is 0 Å². The minimum Gasteiger partial charge on any atom is -0.203 e. The molecule has 0 aromatic rings. The molecule has 0 aromatic carbocycles. The number of hydrogen-bond acceptors (Lipinski definition) is 0. The molecule has 0 saturated carbocycles. The summed E-state index contributed by atoms with van der Waals surface area (Å²) < 4.78 is 0. The summed E-state index contributed by atoms with van der Waals surface area (Å²) in [6.45, 7) is 6.98. The van der Waals surface area contributed by atoms with Gasteiger partial charge >= 0.3 is 0 Å². The highest BCUT2D eigenvalue weighted by molar-refractivity contribution is 6.78. The lowest BCUT2D eigenvalue weighted by atomic mass is 10.1. The Morgan fingerprint density at radius 3 is 0.846 bits per heavy atom. The smallest absolute Gasteiger partial charge is 0.131 e. The van der Waals surface area contributed by atoms with Crippen LogP contribution in [0.25, 0.3) is 0 Å². The van der Waals surface area contributed by atoms with Gasteiger partial charge in [-0.2, -0.15) is 15.8 Å². The third-order valence-electron chi connectivity index (χ3n) is 6.76. The topological polar surface area (TPSA) is 0 Å². The van der Waals surface area contributed by atoms with Crippen molar-refractivity contribution in [3.63, 3.8) is 0 Å². The standard InChI is InChI=1S/3C8H17.CH3.Al/c3*1-3-5-7-8-6-4-2;;/h3*1,3-8H2,2H3;1H3;/q;;;;-1. The van der Waals surface area contributed by atoms with Crippen LogP contribution in [0.15, 0.2) is 0 Å². The number of unbranched alkanes of at least 4 members (excludes halogenated alkanes) is 15. The SMILES string of the molecule is CCCCCCC[CH2][Al-]([CH3])([CH2]CCCCCCC)[CH2]CCCCCCC. The predicted octanol–water partition coefficient (Wildman–Crippen LogP) is 10.1. The van der Waals surface area contributed by atoms with Gasteiger partial charge in [-0.3, -0.25) is 0 Å². The normalized spacial score (nSPS) is 12.0. The van der Waals surface area contributed by atoms with E-state index in [1.807, 2.05) is 0 Å². The fourth-order valence-corrected chi connectivity index (χ4v) is 9.37. The highest BCUT2D eigenvalue weighted by Gasteiger charge is 2.21. The van der Waals surface area contributed by atoms with E-state index in [0.29, 0.717) is 0 Å². The molecule has 0 nitrogen and oxygen atoms in total. The molecule has 26 heavy (non-hydrogen) atoms.